The molecule has 1 atom stereocenters. The molecule has 2 rings (SSSR count). The zero-order chi connectivity index (χ0) is 15.2. The van der Waals surface area contributed by atoms with Crippen LogP contribution in [0.25, 0.3) is 0 Å². The van der Waals surface area contributed by atoms with Gasteiger partial charge in [-0.1, -0.05) is 25.1 Å². The van der Waals surface area contributed by atoms with Gasteiger partial charge in [-0.05, 0) is 48.8 Å². The average Bonchev–Trinajstić information content (AvgIpc) is 2.50. The number of carboxylic acid groups (broad SMARTS) is 1. The van der Waals surface area contributed by atoms with Gasteiger partial charge in [-0.15, -0.1) is 0 Å². The quantitative estimate of drug-likeness (QED) is 0.846. The molecule has 0 saturated heterocycles. The van der Waals surface area contributed by atoms with Crippen molar-refractivity contribution in [1.82, 2.24) is 5.32 Å². The fourth-order valence-electron chi connectivity index (χ4n) is 2.88. The normalized spacial score (nSPS) is 15.1. The van der Waals surface area contributed by atoms with E-state index in [0.29, 0.717) is 0 Å². The molecule has 1 amide bonds. The van der Waals surface area contributed by atoms with Crippen molar-refractivity contribution in [3.8, 4) is 0 Å². The maximum atomic E-state index is 11.8. The van der Waals surface area contributed by atoms with Crippen molar-refractivity contribution in [2.75, 3.05) is 0 Å². The SMILES string of the molecule is CCC(NC(=O)CCC(=O)O)c1ccc2c(c1)CCCC2. The van der Waals surface area contributed by atoms with Gasteiger partial charge < -0.3 is 10.4 Å². The summed E-state index contributed by atoms with van der Waals surface area (Å²) >= 11 is 0. The van der Waals surface area contributed by atoms with Crippen LogP contribution in [-0.4, -0.2) is 17.0 Å². The minimum Gasteiger partial charge on any atom is -0.481 e. The van der Waals surface area contributed by atoms with Crippen LogP contribution in [-0.2, 0) is 22.4 Å². The Hall–Kier alpha value is -1.84. The van der Waals surface area contributed by atoms with E-state index in [4.69, 9.17) is 5.11 Å². The topological polar surface area (TPSA) is 66.4 Å². The summed E-state index contributed by atoms with van der Waals surface area (Å²) < 4.78 is 0. The number of hydrogen-bond donors (Lipinski definition) is 2. The third-order valence-corrected chi connectivity index (χ3v) is 4.08. The number of carbonyl (C=O) groups is 2. The maximum Gasteiger partial charge on any atom is 0.303 e. The number of carbonyl (C=O) groups excluding carboxylic acids is 1. The minimum absolute atomic E-state index is 0.0291. The number of nitrogens with one attached hydrogen (secondary N) is 1. The van der Waals surface area contributed by atoms with E-state index in [2.05, 4.69) is 23.5 Å². The smallest absolute Gasteiger partial charge is 0.303 e. The third-order valence-electron chi connectivity index (χ3n) is 4.08. The molecular formula is C17H23NO3. The predicted molar refractivity (Wildman–Crippen MR) is 81.1 cm³/mol. The zero-order valence-electron chi connectivity index (χ0n) is 12.5. The lowest BCUT2D eigenvalue weighted by molar-refractivity contribution is -0.138. The molecule has 1 aromatic rings. The van der Waals surface area contributed by atoms with Gasteiger partial charge in [0.2, 0.25) is 5.91 Å². The molecule has 0 saturated carbocycles. The highest BCUT2D eigenvalue weighted by molar-refractivity contribution is 5.80. The van der Waals surface area contributed by atoms with Crippen LogP contribution in [0.4, 0.5) is 0 Å². The van der Waals surface area contributed by atoms with Crippen LogP contribution in [0.1, 0.15) is 61.8 Å². The number of benzene rings is 1. The van der Waals surface area contributed by atoms with E-state index in [1.165, 1.54) is 24.0 Å². The Kier molecular flexibility index (Phi) is 5.37. The first kappa shape index (κ1) is 15.5. The maximum absolute atomic E-state index is 11.8. The molecule has 1 unspecified atom stereocenters. The highest BCUT2D eigenvalue weighted by atomic mass is 16.4. The highest BCUT2D eigenvalue weighted by Gasteiger charge is 2.16. The van der Waals surface area contributed by atoms with Crippen molar-refractivity contribution in [3.05, 3.63) is 34.9 Å². The Morgan fingerprint density at radius 2 is 1.90 bits per heavy atom. The van der Waals surface area contributed by atoms with Crippen LogP contribution in [0.3, 0.4) is 0 Å². The van der Waals surface area contributed by atoms with Crippen molar-refractivity contribution in [2.45, 2.75) is 57.9 Å². The Morgan fingerprint density at radius 3 is 2.57 bits per heavy atom. The number of aliphatic carboxylic acids is 1. The van der Waals surface area contributed by atoms with E-state index < -0.39 is 5.97 Å². The van der Waals surface area contributed by atoms with Crippen molar-refractivity contribution < 1.29 is 14.7 Å². The standard InChI is InChI=1S/C17H23NO3/c1-2-15(18-16(19)9-10-17(20)21)14-8-7-12-5-3-4-6-13(12)11-14/h7-8,11,15H,2-6,9-10H2,1H3,(H,18,19)(H,20,21). The van der Waals surface area contributed by atoms with Crippen molar-refractivity contribution >= 4 is 11.9 Å². The second-order valence-electron chi connectivity index (χ2n) is 5.66. The molecule has 0 fully saturated rings. The van der Waals surface area contributed by atoms with Gasteiger partial charge in [0.1, 0.15) is 0 Å². The Labute approximate surface area is 125 Å². The molecule has 0 spiro atoms. The zero-order valence-corrected chi connectivity index (χ0v) is 12.5. The lowest BCUT2D eigenvalue weighted by Gasteiger charge is -2.21. The van der Waals surface area contributed by atoms with Crippen LogP contribution < -0.4 is 5.32 Å². The molecular weight excluding hydrogens is 266 g/mol. The van der Waals surface area contributed by atoms with Gasteiger partial charge in [0.25, 0.3) is 0 Å². The number of fused-ring (bicyclic) bond motifs is 1. The van der Waals surface area contributed by atoms with E-state index in [9.17, 15) is 9.59 Å². The molecule has 0 radical (unpaired) electrons. The lowest BCUT2D eigenvalue weighted by Crippen LogP contribution is -2.28. The summed E-state index contributed by atoms with van der Waals surface area (Å²) in [5.41, 5.74) is 3.95. The molecule has 2 N–H and O–H groups in total. The van der Waals surface area contributed by atoms with Crippen molar-refractivity contribution in [1.29, 1.82) is 0 Å². The Balaban J connectivity index is 2.03. The summed E-state index contributed by atoms with van der Waals surface area (Å²) in [5, 5.41) is 11.6. The van der Waals surface area contributed by atoms with Gasteiger partial charge in [-0.25, -0.2) is 0 Å². The van der Waals surface area contributed by atoms with Gasteiger partial charge in [-0.2, -0.15) is 0 Å². The summed E-state index contributed by atoms with van der Waals surface area (Å²) in [6, 6.07) is 6.45. The second-order valence-corrected chi connectivity index (χ2v) is 5.66. The van der Waals surface area contributed by atoms with Crippen molar-refractivity contribution in [2.24, 2.45) is 0 Å². The van der Waals surface area contributed by atoms with Gasteiger partial charge in [-0.3, -0.25) is 9.59 Å². The van der Waals surface area contributed by atoms with E-state index in [1.807, 2.05) is 6.92 Å². The molecule has 21 heavy (non-hydrogen) atoms. The molecule has 1 aromatic carbocycles. The van der Waals surface area contributed by atoms with E-state index in [1.54, 1.807) is 0 Å². The Morgan fingerprint density at radius 1 is 1.19 bits per heavy atom. The number of hydrogen-bond acceptors (Lipinski definition) is 2. The van der Waals surface area contributed by atoms with E-state index in [0.717, 1.165) is 24.8 Å². The molecule has 0 aliphatic heterocycles. The molecule has 4 nitrogen and oxygen atoms in total. The highest BCUT2D eigenvalue weighted by Crippen LogP contribution is 2.26. The van der Waals surface area contributed by atoms with E-state index >= 15 is 0 Å². The van der Waals surface area contributed by atoms with Gasteiger partial charge in [0.05, 0.1) is 12.5 Å². The summed E-state index contributed by atoms with van der Waals surface area (Å²) in [7, 11) is 0. The molecule has 1 aliphatic carbocycles. The lowest BCUT2D eigenvalue weighted by atomic mass is 9.89. The third kappa shape index (κ3) is 4.31. The number of rotatable bonds is 6. The molecule has 0 heterocycles. The van der Waals surface area contributed by atoms with Crippen LogP contribution in [0.2, 0.25) is 0 Å². The van der Waals surface area contributed by atoms with Gasteiger partial charge in [0.15, 0.2) is 0 Å². The first-order valence-corrected chi connectivity index (χ1v) is 7.73. The molecule has 4 heteroatoms. The number of amides is 1. The fourth-order valence-corrected chi connectivity index (χ4v) is 2.88. The molecule has 1 aliphatic rings. The van der Waals surface area contributed by atoms with Crippen LogP contribution in [0, 0.1) is 0 Å². The van der Waals surface area contributed by atoms with Crippen LogP contribution in [0.5, 0.6) is 0 Å². The molecule has 0 aromatic heterocycles. The van der Waals surface area contributed by atoms with Crippen LogP contribution >= 0.6 is 0 Å². The fraction of sp³-hybridized carbons (Fsp3) is 0.529. The largest absolute Gasteiger partial charge is 0.481 e. The van der Waals surface area contributed by atoms with E-state index in [-0.39, 0.29) is 24.8 Å². The minimum atomic E-state index is -0.938. The monoisotopic (exact) mass is 289 g/mol. The summed E-state index contributed by atoms with van der Waals surface area (Å²) in [6.45, 7) is 2.03. The van der Waals surface area contributed by atoms with Gasteiger partial charge in [0, 0.05) is 6.42 Å². The molecule has 0 bridgehead atoms. The Bertz CT molecular complexity index is 525. The average molecular weight is 289 g/mol. The summed E-state index contributed by atoms with van der Waals surface area (Å²) in [6.07, 6.45) is 5.48. The first-order chi connectivity index (χ1) is 10.1. The number of carboxylic acids is 1. The number of aryl methyl sites for hydroxylation is 2. The summed E-state index contributed by atoms with van der Waals surface area (Å²) in [5.74, 6) is -1.13. The van der Waals surface area contributed by atoms with Crippen molar-refractivity contribution in [3.63, 3.8) is 0 Å². The van der Waals surface area contributed by atoms with Gasteiger partial charge >= 0.3 is 5.97 Å². The summed E-state index contributed by atoms with van der Waals surface area (Å²) in [4.78, 5) is 22.3. The first-order valence-electron chi connectivity index (χ1n) is 7.73. The second kappa shape index (κ2) is 7.25. The predicted octanol–water partition coefficient (Wildman–Crippen LogP) is 3.00. The molecule has 114 valence electrons. The van der Waals surface area contributed by atoms with Crippen LogP contribution in [0.15, 0.2) is 18.2 Å².